The van der Waals surface area contributed by atoms with E-state index < -0.39 is 16.4 Å². The average Bonchev–Trinajstić information content (AvgIpc) is 3.15. The fourth-order valence-corrected chi connectivity index (χ4v) is 2.05. The zero-order chi connectivity index (χ0) is 14.2. The number of nitrogens with one attached hydrogen (secondary N) is 1. The second kappa shape index (κ2) is 4.65. The number of carboxylic acid groups (broad SMARTS) is 1. The number of aromatic nitrogens is 1. The van der Waals surface area contributed by atoms with E-state index >= 15 is 0 Å². The second-order valence-electron chi connectivity index (χ2n) is 4.69. The molecule has 102 valence electrons. The van der Waals surface area contributed by atoms with Crippen molar-refractivity contribution in [3.05, 3.63) is 27.4 Å². The van der Waals surface area contributed by atoms with Gasteiger partial charge < -0.3 is 10.4 Å². The molecular weight excluding hydrogens is 274 g/mol. The summed E-state index contributed by atoms with van der Waals surface area (Å²) in [6, 6.07) is 1.14. The van der Waals surface area contributed by atoms with Crippen molar-refractivity contribution in [2.24, 2.45) is 5.92 Å². The highest BCUT2D eigenvalue weighted by molar-refractivity contribution is 6.30. The summed E-state index contributed by atoms with van der Waals surface area (Å²) in [6.45, 7) is 1.51. The van der Waals surface area contributed by atoms with Gasteiger partial charge in [0, 0.05) is 12.3 Å². The Labute approximate surface area is 113 Å². The van der Waals surface area contributed by atoms with E-state index in [0.29, 0.717) is 0 Å². The molecular formula is C11H12ClN3O4. The van der Waals surface area contributed by atoms with Crippen LogP contribution in [0.15, 0.2) is 12.3 Å². The SMILES string of the molecule is CC(Nc1ncc(Cl)cc1[N+](=O)[O-])(C(=O)O)C1CC1. The molecule has 1 aromatic rings. The number of pyridine rings is 1. The van der Waals surface area contributed by atoms with E-state index in [4.69, 9.17) is 11.6 Å². The molecule has 1 atom stereocenters. The maximum atomic E-state index is 11.4. The molecule has 7 nitrogen and oxygen atoms in total. The summed E-state index contributed by atoms with van der Waals surface area (Å²) in [6.07, 6.45) is 2.79. The molecule has 8 heteroatoms. The minimum Gasteiger partial charge on any atom is -0.480 e. The highest BCUT2D eigenvalue weighted by Gasteiger charge is 2.48. The summed E-state index contributed by atoms with van der Waals surface area (Å²) in [5, 5.41) is 23.0. The van der Waals surface area contributed by atoms with E-state index in [1.54, 1.807) is 0 Å². The van der Waals surface area contributed by atoms with Gasteiger partial charge in [-0.25, -0.2) is 9.78 Å². The van der Waals surface area contributed by atoms with Gasteiger partial charge in [-0.3, -0.25) is 10.1 Å². The molecule has 0 aromatic carbocycles. The lowest BCUT2D eigenvalue weighted by Crippen LogP contribution is -2.46. The van der Waals surface area contributed by atoms with E-state index in [1.165, 1.54) is 13.1 Å². The van der Waals surface area contributed by atoms with Crippen molar-refractivity contribution < 1.29 is 14.8 Å². The van der Waals surface area contributed by atoms with E-state index in [-0.39, 0.29) is 22.4 Å². The number of anilines is 1. The lowest BCUT2D eigenvalue weighted by atomic mass is 9.96. The number of halogens is 1. The zero-order valence-electron chi connectivity index (χ0n) is 10.1. The van der Waals surface area contributed by atoms with E-state index in [0.717, 1.165) is 18.9 Å². The first kappa shape index (κ1) is 13.5. The Kier molecular flexibility index (Phi) is 3.32. The van der Waals surface area contributed by atoms with E-state index in [2.05, 4.69) is 10.3 Å². The maximum Gasteiger partial charge on any atom is 0.329 e. The van der Waals surface area contributed by atoms with Crippen LogP contribution >= 0.6 is 11.6 Å². The summed E-state index contributed by atoms with van der Waals surface area (Å²) in [7, 11) is 0. The first-order chi connectivity index (χ1) is 8.84. The second-order valence-corrected chi connectivity index (χ2v) is 5.12. The molecule has 1 aromatic heterocycles. The Morgan fingerprint density at radius 2 is 2.32 bits per heavy atom. The molecule has 2 N–H and O–H groups in total. The van der Waals surface area contributed by atoms with Crippen LogP contribution in [0.25, 0.3) is 0 Å². The van der Waals surface area contributed by atoms with Gasteiger partial charge in [-0.15, -0.1) is 0 Å². The lowest BCUT2D eigenvalue weighted by molar-refractivity contribution is -0.384. The topological polar surface area (TPSA) is 105 Å². The molecule has 1 aliphatic rings. The fraction of sp³-hybridized carbons (Fsp3) is 0.455. The highest BCUT2D eigenvalue weighted by atomic mass is 35.5. The van der Waals surface area contributed by atoms with Gasteiger partial charge in [0.1, 0.15) is 5.54 Å². The number of hydrogen-bond donors (Lipinski definition) is 2. The zero-order valence-corrected chi connectivity index (χ0v) is 10.8. The van der Waals surface area contributed by atoms with Crippen LogP contribution in [0.4, 0.5) is 11.5 Å². The molecule has 0 saturated heterocycles. The Hall–Kier alpha value is -1.89. The number of hydrogen-bond acceptors (Lipinski definition) is 5. The molecule has 19 heavy (non-hydrogen) atoms. The molecule has 0 bridgehead atoms. The molecule has 0 amide bonds. The van der Waals surface area contributed by atoms with Gasteiger partial charge in [0.15, 0.2) is 0 Å². The number of carbonyl (C=O) groups is 1. The highest BCUT2D eigenvalue weighted by Crippen LogP contribution is 2.42. The van der Waals surface area contributed by atoms with Crippen molar-refractivity contribution in [1.82, 2.24) is 4.98 Å². The predicted octanol–water partition coefficient (Wildman–Crippen LogP) is 2.31. The van der Waals surface area contributed by atoms with Crippen LogP contribution in [0.2, 0.25) is 5.02 Å². The molecule has 0 radical (unpaired) electrons. The van der Waals surface area contributed by atoms with E-state index in [1.807, 2.05) is 0 Å². The first-order valence-corrected chi connectivity index (χ1v) is 6.04. The normalized spacial score (nSPS) is 17.6. The standard InChI is InChI=1S/C11H12ClN3O4/c1-11(10(16)17,6-2-3-6)14-9-8(15(18)19)4-7(12)5-13-9/h4-6H,2-3H2,1H3,(H,13,14)(H,16,17). The van der Waals surface area contributed by atoms with Gasteiger partial charge >= 0.3 is 11.7 Å². The Morgan fingerprint density at radius 3 is 2.79 bits per heavy atom. The van der Waals surface area contributed by atoms with Gasteiger partial charge in [0.25, 0.3) is 0 Å². The maximum absolute atomic E-state index is 11.4. The lowest BCUT2D eigenvalue weighted by Gasteiger charge is -2.26. The third kappa shape index (κ3) is 2.60. The minimum atomic E-state index is -1.26. The molecule has 1 heterocycles. The van der Waals surface area contributed by atoms with Crippen LogP contribution in [0, 0.1) is 16.0 Å². The van der Waals surface area contributed by atoms with Crippen LogP contribution in [0.3, 0.4) is 0 Å². The minimum absolute atomic E-state index is 0.0536. The van der Waals surface area contributed by atoms with E-state index in [9.17, 15) is 20.0 Å². The van der Waals surface area contributed by atoms with Crippen LogP contribution in [0.1, 0.15) is 19.8 Å². The van der Waals surface area contributed by atoms with Crippen molar-refractivity contribution in [2.75, 3.05) is 5.32 Å². The monoisotopic (exact) mass is 285 g/mol. The van der Waals surface area contributed by atoms with Crippen molar-refractivity contribution in [2.45, 2.75) is 25.3 Å². The van der Waals surface area contributed by atoms with Gasteiger partial charge in [-0.2, -0.15) is 0 Å². The Morgan fingerprint density at radius 1 is 1.68 bits per heavy atom. The smallest absolute Gasteiger partial charge is 0.329 e. The van der Waals surface area contributed by atoms with Crippen LogP contribution in [-0.4, -0.2) is 26.5 Å². The predicted molar refractivity (Wildman–Crippen MR) is 68.3 cm³/mol. The summed E-state index contributed by atoms with van der Waals surface area (Å²) < 4.78 is 0. The molecule has 0 aliphatic heterocycles. The van der Waals surface area contributed by atoms with Gasteiger partial charge in [-0.05, 0) is 25.7 Å². The number of carboxylic acids is 1. The van der Waals surface area contributed by atoms with Crippen molar-refractivity contribution in [3.63, 3.8) is 0 Å². The van der Waals surface area contributed by atoms with Gasteiger partial charge in [0.2, 0.25) is 5.82 Å². The number of aliphatic carboxylic acids is 1. The van der Waals surface area contributed by atoms with Crippen LogP contribution in [-0.2, 0) is 4.79 Å². The average molecular weight is 286 g/mol. The summed E-state index contributed by atoms with van der Waals surface area (Å²) >= 11 is 5.66. The van der Waals surface area contributed by atoms with Crippen LogP contribution in [0.5, 0.6) is 0 Å². The summed E-state index contributed by atoms with van der Waals surface area (Å²) in [5.74, 6) is -1.19. The molecule has 1 fully saturated rings. The molecule has 2 rings (SSSR count). The molecule has 1 aliphatic carbocycles. The van der Waals surface area contributed by atoms with Gasteiger partial charge in [0.05, 0.1) is 9.95 Å². The summed E-state index contributed by atoms with van der Waals surface area (Å²) in [5.41, 5.74) is -1.59. The third-order valence-corrected chi connectivity index (χ3v) is 3.45. The number of nitro groups is 1. The fourth-order valence-electron chi connectivity index (χ4n) is 1.90. The molecule has 0 spiro atoms. The third-order valence-electron chi connectivity index (χ3n) is 3.25. The summed E-state index contributed by atoms with van der Waals surface area (Å²) in [4.78, 5) is 25.5. The Balaban J connectivity index is 2.37. The largest absolute Gasteiger partial charge is 0.480 e. The van der Waals surface area contributed by atoms with Crippen molar-refractivity contribution in [1.29, 1.82) is 0 Å². The van der Waals surface area contributed by atoms with Crippen molar-refractivity contribution in [3.8, 4) is 0 Å². The number of nitrogens with zero attached hydrogens (tertiary/aromatic N) is 2. The molecule has 1 unspecified atom stereocenters. The van der Waals surface area contributed by atoms with Crippen LogP contribution < -0.4 is 5.32 Å². The molecule has 1 saturated carbocycles. The van der Waals surface area contributed by atoms with Crippen molar-refractivity contribution >= 4 is 29.1 Å². The number of rotatable bonds is 5. The Bertz CT molecular complexity index is 547. The first-order valence-electron chi connectivity index (χ1n) is 5.66. The quantitative estimate of drug-likeness (QED) is 0.635. The van der Waals surface area contributed by atoms with Gasteiger partial charge in [-0.1, -0.05) is 11.6 Å².